The molecule has 0 spiro atoms. The Hall–Kier alpha value is -1.02. The van der Waals surface area contributed by atoms with E-state index in [2.05, 4.69) is 6.92 Å². The highest BCUT2D eigenvalue weighted by molar-refractivity contribution is 7.15. The zero-order valence-electron chi connectivity index (χ0n) is 11.4. The van der Waals surface area contributed by atoms with E-state index in [9.17, 15) is 0 Å². The molecule has 1 aromatic heterocycles. The van der Waals surface area contributed by atoms with Crippen molar-refractivity contribution in [1.82, 2.24) is 0 Å². The molecule has 2 aromatic rings. The summed E-state index contributed by atoms with van der Waals surface area (Å²) in [6.45, 7) is 2.05. The minimum Gasteiger partial charge on any atom is -1.00 e. The first-order valence-corrected chi connectivity index (χ1v) is 6.37. The molecule has 0 bridgehead atoms. The van der Waals surface area contributed by atoms with Crippen LogP contribution in [-0.4, -0.2) is 14.2 Å². The number of benzene rings is 1. The normalized spacial score (nSPS) is 9.89. The highest BCUT2D eigenvalue weighted by atomic mass is 127. The molecule has 104 valence electrons. The maximum atomic E-state index is 5.95. The molecule has 0 fully saturated rings. The Bertz CT molecular complexity index is 584. The van der Waals surface area contributed by atoms with Gasteiger partial charge < -0.3 is 33.5 Å². The van der Waals surface area contributed by atoms with Crippen LogP contribution in [0.4, 0.5) is 5.13 Å². The van der Waals surface area contributed by atoms with Crippen LogP contribution in [0.3, 0.4) is 0 Å². The first kappa shape index (κ1) is 16.0. The summed E-state index contributed by atoms with van der Waals surface area (Å²) in [6, 6.07) is 5.75. The first-order valence-electron chi connectivity index (χ1n) is 5.55. The Balaban J connectivity index is 0.00000180. The summed E-state index contributed by atoms with van der Waals surface area (Å²) in [5.41, 5.74) is 8.00. The second-order valence-electron chi connectivity index (χ2n) is 3.97. The third-order valence-corrected chi connectivity index (χ3v) is 3.90. The van der Waals surface area contributed by atoms with Gasteiger partial charge in [-0.05, 0) is 25.1 Å². The van der Waals surface area contributed by atoms with Crippen molar-refractivity contribution >= 4 is 16.5 Å². The third kappa shape index (κ3) is 2.94. The second kappa shape index (κ2) is 6.42. The molecule has 1 aromatic carbocycles. The van der Waals surface area contributed by atoms with Crippen molar-refractivity contribution in [2.45, 2.75) is 6.92 Å². The Kier molecular flexibility index (Phi) is 5.42. The lowest BCUT2D eigenvalue weighted by atomic mass is 10.1. The molecule has 4 nitrogen and oxygen atoms in total. The molecule has 1 heterocycles. The van der Waals surface area contributed by atoms with E-state index in [4.69, 9.17) is 15.2 Å². The third-order valence-electron chi connectivity index (χ3n) is 2.92. The number of aromatic nitrogens is 1. The molecule has 0 aliphatic rings. The van der Waals surface area contributed by atoms with Gasteiger partial charge in [0.15, 0.2) is 5.69 Å². The molecule has 0 aliphatic heterocycles. The Morgan fingerprint density at radius 2 is 1.89 bits per heavy atom. The lowest BCUT2D eigenvalue weighted by Gasteiger charge is -2.09. The van der Waals surface area contributed by atoms with Gasteiger partial charge >= 0.3 is 5.13 Å². The van der Waals surface area contributed by atoms with Crippen molar-refractivity contribution in [2.24, 2.45) is 7.05 Å². The van der Waals surface area contributed by atoms with Crippen molar-refractivity contribution < 1.29 is 38.0 Å². The number of nitrogens with zero attached hydrogens (tertiary/aromatic N) is 1. The number of hydrogen-bond acceptors (Lipinski definition) is 4. The van der Waals surface area contributed by atoms with Gasteiger partial charge in [-0.3, -0.25) is 5.73 Å². The standard InChI is InChI=1S/C13H16N2O2S.HI/c1-8-12(15(2)13(14)18-8)10-7-9(16-3)5-6-11(10)17-4;/h5-7,14H,1-4H3;1H. The number of ether oxygens (including phenoxy) is 2. The van der Waals surface area contributed by atoms with E-state index in [1.807, 2.05) is 29.8 Å². The minimum atomic E-state index is 0. The zero-order chi connectivity index (χ0) is 13.3. The summed E-state index contributed by atoms with van der Waals surface area (Å²) in [5, 5.41) is 0.771. The van der Waals surface area contributed by atoms with Gasteiger partial charge in [0.05, 0.1) is 31.7 Å². The molecule has 0 saturated heterocycles. The number of thiazole rings is 1. The van der Waals surface area contributed by atoms with Gasteiger partial charge in [0.1, 0.15) is 11.5 Å². The van der Waals surface area contributed by atoms with Gasteiger partial charge in [0.25, 0.3) is 0 Å². The Morgan fingerprint density at radius 1 is 1.21 bits per heavy atom. The maximum absolute atomic E-state index is 5.95. The number of hydrogen-bond donors (Lipinski definition) is 1. The van der Waals surface area contributed by atoms with Crippen LogP contribution in [0, 0.1) is 6.92 Å². The number of rotatable bonds is 3. The fourth-order valence-electron chi connectivity index (χ4n) is 1.99. The molecule has 0 unspecified atom stereocenters. The van der Waals surface area contributed by atoms with Gasteiger partial charge in [0.2, 0.25) is 0 Å². The molecular weight excluding hydrogens is 375 g/mol. The van der Waals surface area contributed by atoms with Gasteiger partial charge in [-0.1, -0.05) is 11.3 Å². The van der Waals surface area contributed by atoms with E-state index < -0.39 is 0 Å². The van der Waals surface area contributed by atoms with Crippen LogP contribution in [-0.2, 0) is 7.05 Å². The van der Waals surface area contributed by atoms with E-state index in [1.165, 1.54) is 0 Å². The molecule has 19 heavy (non-hydrogen) atoms. The van der Waals surface area contributed by atoms with Crippen molar-refractivity contribution in [1.29, 1.82) is 0 Å². The lowest BCUT2D eigenvalue weighted by molar-refractivity contribution is -0.641. The van der Waals surface area contributed by atoms with E-state index in [-0.39, 0.29) is 24.0 Å². The van der Waals surface area contributed by atoms with Crippen molar-refractivity contribution in [3.63, 3.8) is 0 Å². The van der Waals surface area contributed by atoms with Gasteiger partial charge in [-0.25, -0.2) is 4.57 Å². The molecular formula is C13H17IN2O2S. The smallest absolute Gasteiger partial charge is 0.332 e. The highest BCUT2D eigenvalue weighted by Crippen LogP contribution is 2.35. The Morgan fingerprint density at radius 3 is 2.37 bits per heavy atom. The summed E-state index contributed by atoms with van der Waals surface area (Å²) in [4.78, 5) is 1.15. The van der Waals surface area contributed by atoms with E-state index in [0.29, 0.717) is 0 Å². The fraction of sp³-hybridized carbons (Fsp3) is 0.308. The van der Waals surface area contributed by atoms with E-state index >= 15 is 0 Å². The van der Waals surface area contributed by atoms with Crippen LogP contribution in [0.25, 0.3) is 11.3 Å². The molecule has 0 atom stereocenters. The topological polar surface area (TPSA) is 48.4 Å². The predicted octanol–water partition coefficient (Wildman–Crippen LogP) is -0.849. The molecule has 0 aliphatic carbocycles. The van der Waals surface area contributed by atoms with Crippen LogP contribution in [0.1, 0.15) is 4.88 Å². The van der Waals surface area contributed by atoms with Gasteiger partial charge in [0, 0.05) is 0 Å². The van der Waals surface area contributed by atoms with Crippen molar-refractivity contribution in [2.75, 3.05) is 20.0 Å². The second-order valence-corrected chi connectivity index (χ2v) is 5.21. The molecule has 0 amide bonds. The molecule has 2 rings (SSSR count). The van der Waals surface area contributed by atoms with Gasteiger partial charge in [-0.2, -0.15) is 0 Å². The molecule has 6 heteroatoms. The molecule has 0 saturated carbocycles. The van der Waals surface area contributed by atoms with Crippen molar-refractivity contribution in [3.05, 3.63) is 23.1 Å². The molecule has 0 radical (unpaired) electrons. The van der Waals surface area contributed by atoms with Crippen molar-refractivity contribution in [3.8, 4) is 22.8 Å². The zero-order valence-corrected chi connectivity index (χ0v) is 14.3. The largest absolute Gasteiger partial charge is 1.00 e. The quantitative estimate of drug-likeness (QED) is 0.547. The average molecular weight is 392 g/mol. The number of halogens is 1. The van der Waals surface area contributed by atoms with Crippen LogP contribution < -0.4 is 43.8 Å². The molecule has 2 N–H and O–H groups in total. The SMILES string of the molecule is COc1ccc(OC)c(-c2c(C)sc(N)[n+]2C)c1.[I-]. The fourth-order valence-corrected chi connectivity index (χ4v) is 2.87. The van der Waals surface area contributed by atoms with Gasteiger partial charge in [-0.15, -0.1) is 0 Å². The average Bonchev–Trinajstić information content (AvgIpc) is 2.62. The summed E-state index contributed by atoms with van der Waals surface area (Å²) in [6.07, 6.45) is 0. The van der Waals surface area contributed by atoms with E-state index in [1.54, 1.807) is 25.6 Å². The highest BCUT2D eigenvalue weighted by Gasteiger charge is 2.21. The summed E-state index contributed by atoms with van der Waals surface area (Å²) in [5.74, 6) is 1.61. The number of methoxy groups -OCH3 is 2. The summed E-state index contributed by atoms with van der Waals surface area (Å²) in [7, 11) is 5.27. The summed E-state index contributed by atoms with van der Waals surface area (Å²) < 4.78 is 12.7. The number of anilines is 1. The number of nitrogen functional groups attached to an aromatic ring is 1. The van der Waals surface area contributed by atoms with E-state index in [0.717, 1.165) is 32.8 Å². The number of nitrogens with two attached hydrogens (primary N) is 1. The summed E-state index contributed by atoms with van der Waals surface area (Å²) >= 11 is 1.57. The van der Waals surface area contributed by atoms with Crippen LogP contribution >= 0.6 is 11.3 Å². The maximum Gasteiger partial charge on any atom is 0.332 e. The monoisotopic (exact) mass is 392 g/mol. The Labute approximate surface area is 134 Å². The first-order chi connectivity index (χ1) is 8.58. The van der Waals surface area contributed by atoms with Crippen LogP contribution in [0.2, 0.25) is 0 Å². The lowest BCUT2D eigenvalue weighted by Crippen LogP contribution is -3.00. The van der Waals surface area contributed by atoms with Crippen LogP contribution in [0.15, 0.2) is 18.2 Å². The predicted molar refractivity (Wildman–Crippen MR) is 73.2 cm³/mol. The number of aryl methyl sites for hydroxylation is 1. The van der Waals surface area contributed by atoms with Crippen LogP contribution in [0.5, 0.6) is 11.5 Å². The minimum absolute atomic E-state index is 0.